The fourth-order valence-corrected chi connectivity index (χ4v) is 3.56. The minimum Gasteiger partial charge on any atom is -0.465 e. The van der Waals surface area contributed by atoms with Gasteiger partial charge in [0, 0.05) is 18.1 Å². The number of nitrogens with zero attached hydrogens (tertiary/aromatic N) is 1. The summed E-state index contributed by atoms with van der Waals surface area (Å²) in [4.78, 5) is 25.4. The number of hydrogen-bond acceptors (Lipinski definition) is 3. The lowest BCUT2D eigenvalue weighted by atomic mass is 9.78. The second-order valence-electron chi connectivity index (χ2n) is 7.41. The average molecular weight is 341 g/mol. The zero-order valence-corrected chi connectivity index (χ0v) is 15.8. The summed E-state index contributed by atoms with van der Waals surface area (Å²) in [7, 11) is 2.18. The van der Waals surface area contributed by atoms with Gasteiger partial charge in [-0.1, -0.05) is 19.8 Å². The second-order valence-corrected chi connectivity index (χ2v) is 7.41. The second kappa shape index (κ2) is 9.87. The van der Waals surface area contributed by atoms with Crippen molar-refractivity contribution in [3.05, 3.63) is 0 Å². The van der Waals surface area contributed by atoms with Gasteiger partial charge in [0.05, 0.1) is 0 Å². The van der Waals surface area contributed by atoms with Gasteiger partial charge in [0.1, 0.15) is 6.04 Å². The molecule has 1 rings (SSSR count). The van der Waals surface area contributed by atoms with Crippen molar-refractivity contribution in [3.8, 4) is 0 Å². The van der Waals surface area contributed by atoms with E-state index >= 15 is 0 Å². The van der Waals surface area contributed by atoms with Crippen LogP contribution in [0.25, 0.3) is 0 Å². The number of carbonyl (C=O) groups is 2. The molecule has 0 aromatic rings. The third-order valence-corrected chi connectivity index (χ3v) is 5.33. The Hall–Kier alpha value is -1.30. The summed E-state index contributed by atoms with van der Waals surface area (Å²) in [5.74, 6) is 0.241. The Kier molecular flexibility index (Phi) is 8.53. The highest BCUT2D eigenvalue weighted by molar-refractivity contribution is 5.85. The first-order valence-electron chi connectivity index (χ1n) is 9.28. The molecule has 0 aromatic carbocycles. The quantitative estimate of drug-likeness (QED) is 0.634. The van der Waals surface area contributed by atoms with E-state index in [1.54, 1.807) is 6.92 Å². The number of unbranched alkanes of at least 4 members (excludes halogenated alkanes) is 1. The van der Waals surface area contributed by atoms with Crippen LogP contribution in [0.2, 0.25) is 0 Å². The SMILES string of the molecule is CCCCC1CC(N(C)C(C)C)CCC1NC(=O)C(C)NC(=O)O. The summed E-state index contributed by atoms with van der Waals surface area (Å²) in [6.07, 6.45) is 5.40. The van der Waals surface area contributed by atoms with Gasteiger partial charge in [-0.2, -0.15) is 0 Å². The molecule has 6 nitrogen and oxygen atoms in total. The van der Waals surface area contributed by atoms with E-state index in [9.17, 15) is 9.59 Å². The maximum atomic E-state index is 12.2. The summed E-state index contributed by atoms with van der Waals surface area (Å²) in [6, 6.07) is 0.520. The summed E-state index contributed by atoms with van der Waals surface area (Å²) in [5, 5.41) is 14.1. The van der Waals surface area contributed by atoms with Gasteiger partial charge in [-0.3, -0.25) is 4.79 Å². The molecule has 4 unspecified atom stereocenters. The van der Waals surface area contributed by atoms with Crippen molar-refractivity contribution >= 4 is 12.0 Å². The van der Waals surface area contributed by atoms with Crippen LogP contribution in [0.15, 0.2) is 0 Å². The molecule has 1 saturated carbocycles. The van der Waals surface area contributed by atoms with Crippen molar-refractivity contribution in [3.63, 3.8) is 0 Å². The molecule has 1 fully saturated rings. The van der Waals surface area contributed by atoms with E-state index in [4.69, 9.17) is 5.11 Å². The van der Waals surface area contributed by atoms with Gasteiger partial charge in [-0.05, 0) is 59.4 Å². The minimum atomic E-state index is -1.16. The molecule has 0 saturated heterocycles. The molecule has 0 bridgehead atoms. The molecule has 24 heavy (non-hydrogen) atoms. The Balaban J connectivity index is 2.67. The lowest BCUT2D eigenvalue weighted by molar-refractivity contribution is -0.124. The molecule has 1 aliphatic carbocycles. The maximum Gasteiger partial charge on any atom is 0.405 e. The number of amides is 2. The Morgan fingerprint density at radius 3 is 2.46 bits per heavy atom. The van der Waals surface area contributed by atoms with Crippen LogP contribution in [0.4, 0.5) is 4.79 Å². The van der Waals surface area contributed by atoms with Crippen LogP contribution in [0, 0.1) is 5.92 Å². The average Bonchev–Trinajstić information content (AvgIpc) is 2.52. The van der Waals surface area contributed by atoms with Crippen molar-refractivity contribution in [2.75, 3.05) is 7.05 Å². The van der Waals surface area contributed by atoms with E-state index in [0.717, 1.165) is 38.5 Å². The molecule has 3 N–H and O–H groups in total. The zero-order valence-electron chi connectivity index (χ0n) is 15.8. The number of rotatable bonds is 8. The van der Waals surface area contributed by atoms with Gasteiger partial charge in [-0.25, -0.2) is 4.79 Å². The van der Waals surface area contributed by atoms with Crippen LogP contribution in [-0.4, -0.2) is 53.2 Å². The zero-order chi connectivity index (χ0) is 18.3. The van der Waals surface area contributed by atoms with Gasteiger partial charge < -0.3 is 20.6 Å². The third kappa shape index (κ3) is 6.30. The predicted molar refractivity (Wildman–Crippen MR) is 96.1 cm³/mol. The molecule has 0 radical (unpaired) electrons. The van der Waals surface area contributed by atoms with Crippen LogP contribution in [0.1, 0.15) is 66.2 Å². The molecular weight excluding hydrogens is 306 g/mol. The highest BCUT2D eigenvalue weighted by Crippen LogP contribution is 2.32. The van der Waals surface area contributed by atoms with Crippen LogP contribution >= 0.6 is 0 Å². The molecule has 2 amide bonds. The monoisotopic (exact) mass is 341 g/mol. The lowest BCUT2D eigenvalue weighted by Gasteiger charge is -2.42. The van der Waals surface area contributed by atoms with E-state index in [-0.39, 0.29) is 11.9 Å². The van der Waals surface area contributed by atoms with Crippen molar-refractivity contribution in [2.24, 2.45) is 5.92 Å². The van der Waals surface area contributed by atoms with E-state index in [2.05, 4.69) is 43.4 Å². The van der Waals surface area contributed by atoms with Gasteiger partial charge >= 0.3 is 6.09 Å². The Labute approximate surface area is 146 Å². The van der Waals surface area contributed by atoms with Gasteiger partial charge in [-0.15, -0.1) is 0 Å². The summed E-state index contributed by atoms with van der Waals surface area (Å²) < 4.78 is 0. The molecule has 0 heterocycles. The largest absolute Gasteiger partial charge is 0.465 e. The van der Waals surface area contributed by atoms with Gasteiger partial charge in [0.25, 0.3) is 0 Å². The maximum absolute atomic E-state index is 12.2. The number of hydrogen-bond donors (Lipinski definition) is 3. The molecule has 4 atom stereocenters. The number of carbonyl (C=O) groups excluding carboxylic acids is 1. The first-order valence-corrected chi connectivity index (χ1v) is 9.28. The van der Waals surface area contributed by atoms with Gasteiger partial charge in [0.15, 0.2) is 0 Å². The highest BCUT2D eigenvalue weighted by Gasteiger charge is 2.34. The Bertz CT molecular complexity index is 414. The van der Waals surface area contributed by atoms with Crippen molar-refractivity contribution in [1.82, 2.24) is 15.5 Å². The van der Waals surface area contributed by atoms with E-state index in [1.165, 1.54) is 0 Å². The fraction of sp³-hybridized carbons (Fsp3) is 0.889. The highest BCUT2D eigenvalue weighted by atomic mass is 16.4. The van der Waals surface area contributed by atoms with Crippen LogP contribution in [0.5, 0.6) is 0 Å². The third-order valence-electron chi connectivity index (χ3n) is 5.33. The first-order chi connectivity index (χ1) is 11.3. The molecule has 1 aliphatic rings. The van der Waals surface area contributed by atoms with E-state index in [1.807, 2.05) is 0 Å². The standard InChI is InChI=1S/C18H35N3O3/c1-6-7-8-14-11-15(21(5)12(2)3)9-10-16(14)20-17(22)13(4)19-18(23)24/h12-16,19H,6-11H2,1-5H3,(H,20,22)(H,23,24). The minimum absolute atomic E-state index is 0.152. The lowest BCUT2D eigenvalue weighted by Crippen LogP contribution is -2.53. The van der Waals surface area contributed by atoms with E-state index in [0.29, 0.717) is 18.0 Å². The molecule has 0 aromatic heterocycles. The fourth-order valence-electron chi connectivity index (χ4n) is 3.56. The molecular formula is C18H35N3O3. The first kappa shape index (κ1) is 20.7. The predicted octanol–water partition coefficient (Wildman–Crippen LogP) is 2.83. The van der Waals surface area contributed by atoms with Crippen molar-refractivity contribution in [2.45, 2.75) is 90.4 Å². The molecule has 6 heteroatoms. The van der Waals surface area contributed by atoms with Crippen molar-refractivity contribution < 1.29 is 14.7 Å². The topological polar surface area (TPSA) is 81.7 Å². The molecule has 0 spiro atoms. The van der Waals surface area contributed by atoms with Crippen molar-refractivity contribution in [1.29, 1.82) is 0 Å². The summed E-state index contributed by atoms with van der Waals surface area (Å²) >= 11 is 0. The summed E-state index contributed by atoms with van der Waals surface area (Å²) in [6.45, 7) is 8.21. The molecule has 140 valence electrons. The van der Waals surface area contributed by atoms with Crippen LogP contribution < -0.4 is 10.6 Å². The number of carboxylic acid groups (broad SMARTS) is 1. The van der Waals surface area contributed by atoms with Crippen LogP contribution in [0.3, 0.4) is 0 Å². The van der Waals surface area contributed by atoms with Gasteiger partial charge in [0.2, 0.25) is 5.91 Å². The Morgan fingerprint density at radius 2 is 1.92 bits per heavy atom. The number of nitrogens with one attached hydrogen (secondary N) is 2. The molecule has 0 aliphatic heterocycles. The van der Waals surface area contributed by atoms with Crippen LogP contribution in [-0.2, 0) is 4.79 Å². The summed E-state index contributed by atoms with van der Waals surface area (Å²) in [5.41, 5.74) is 0. The smallest absolute Gasteiger partial charge is 0.405 e. The van der Waals surface area contributed by atoms with E-state index < -0.39 is 12.1 Å². The Morgan fingerprint density at radius 1 is 1.25 bits per heavy atom. The normalized spacial score (nSPS) is 25.5.